The fourth-order valence-electron chi connectivity index (χ4n) is 0. The van der Waals surface area contributed by atoms with Crippen LogP contribution in [0, 0.1) is 0 Å². The molecule has 0 heterocycles. The van der Waals surface area contributed by atoms with E-state index in [-0.39, 0.29) is 22.9 Å². The topological polar surface area (TPSA) is 97.3 Å². The van der Waals surface area contributed by atoms with Gasteiger partial charge in [0.15, 0.2) is 0 Å². The van der Waals surface area contributed by atoms with E-state index >= 15 is 0 Å². The first-order valence-electron chi connectivity index (χ1n) is 1.02. The van der Waals surface area contributed by atoms with Crippen molar-refractivity contribution in [2.24, 2.45) is 0 Å². The van der Waals surface area contributed by atoms with Crippen LogP contribution in [-0.4, -0.2) is 6.15 Å². The zero-order valence-corrected chi connectivity index (χ0v) is 5.98. The van der Waals surface area contributed by atoms with Crippen LogP contribution in [0.1, 0.15) is 0 Å². The Hall–Kier alpha value is 0.321. The minimum absolute atomic E-state index is 0. The van der Waals surface area contributed by atoms with Crippen LogP contribution in [0.2, 0.25) is 0 Å². The summed E-state index contributed by atoms with van der Waals surface area (Å²) in [6.07, 6.45) is 0.250. The van der Waals surface area contributed by atoms with Gasteiger partial charge in [-0.3, -0.25) is 0 Å². The van der Waals surface area contributed by atoms with Gasteiger partial charge in [0.05, 0.1) is 0 Å². The summed E-state index contributed by atoms with van der Waals surface area (Å²) in [6.45, 7) is 0. The van der Waals surface area contributed by atoms with Crippen LogP contribution in [0.25, 0.3) is 0 Å². The second-order valence-corrected chi connectivity index (χ2v) is 1.11. The van der Waals surface area contributed by atoms with E-state index in [2.05, 4.69) is 0 Å². The molecule has 7 heteroatoms. The summed E-state index contributed by atoms with van der Waals surface area (Å²) in [5.41, 5.74) is 0. The van der Waals surface area contributed by atoms with Crippen molar-refractivity contribution < 1.29 is 55.7 Å². The first kappa shape index (κ1) is 15.8. The van der Waals surface area contributed by atoms with Gasteiger partial charge in [-0.2, -0.15) is 9.59 Å². The molecule has 0 aromatic rings. The van der Waals surface area contributed by atoms with E-state index in [4.69, 9.17) is 20.3 Å². The molecule has 0 spiro atoms. The quantitative estimate of drug-likeness (QED) is 0.385. The molecule has 0 rings (SSSR count). The van der Waals surface area contributed by atoms with E-state index < -0.39 is 18.6 Å². The van der Waals surface area contributed by atoms with Crippen LogP contribution < -0.4 is 7.38 Å². The van der Waals surface area contributed by atoms with Crippen molar-refractivity contribution in [1.82, 2.24) is 0 Å². The zero-order valence-electron chi connectivity index (χ0n) is 3.37. The van der Waals surface area contributed by atoms with Crippen molar-refractivity contribution >= 4 is 6.15 Å². The number of carbonyl (C=O) groups excluding carboxylic acids is 2. The Morgan fingerprint density at radius 2 is 1.25 bits per heavy atom. The molecule has 0 saturated carbocycles. The third-order valence-corrected chi connectivity index (χ3v) is 0. The van der Waals surface area contributed by atoms with Crippen LogP contribution in [0.15, 0.2) is 0 Å². The molecular weight excluding hydrogens is 199 g/mol. The van der Waals surface area contributed by atoms with Gasteiger partial charge in [-0.15, -0.1) is 0 Å². The molecule has 0 amide bonds. The predicted octanol–water partition coefficient (Wildman–Crippen LogP) is -3.09. The molecule has 47 valence electrons. The molecule has 0 aromatic heterocycles. The van der Waals surface area contributed by atoms with Gasteiger partial charge in [0.25, 0.3) is 0 Å². The Balaban J connectivity index is -0.0000000575. The molecule has 0 unspecified atom stereocenters. The third kappa shape index (κ3) is 1740. The monoisotopic (exact) mass is 199 g/mol. The second-order valence-electron chi connectivity index (χ2n) is 0.333. The Morgan fingerprint density at radius 1 is 1.25 bits per heavy atom. The van der Waals surface area contributed by atoms with Gasteiger partial charge in [0.1, 0.15) is 0 Å². The second kappa shape index (κ2) is 15.7. The van der Waals surface area contributed by atoms with Crippen LogP contribution in [-0.2, 0) is 48.3 Å². The number of hydrogen-bond donors (Lipinski definition) is 0. The van der Waals surface area contributed by atoms with Crippen LogP contribution in [0.3, 0.4) is 0 Å². The van der Waals surface area contributed by atoms with Gasteiger partial charge in [0, 0.05) is 0 Å². The maximum absolute atomic E-state index is 8.58. The van der Waals surface area contributed by atoms with E-state index in [1.54, 1.807) is 0 Å². The summed E-state index contributed by atoms with van der Waals surface area (Å²) in [5, 5.41) is 0. The van der Waals surface area contributed by atoms with E-state index in [0.29, 0.717) is 0 Å². The molecular formula is CCoO5Ti. The summed E-state index contributed by atoms with van der Waals surface area (Å²) in [6, 6.07) is 0. The van der Waals surface area contributed by atoms with E-state index in [1.807, 2.05) is 0 Å². The molecule has 0 N–H and O–H groups in total. The van der Waals surface area contributed by atoms with Crippen LogP contribution >= 0.6 is 0 Å². The Morgan fingerprint density at radius 3 is 1.25 bits per heavy atom. The summed E-state index contributed by atoms with van der Waals surface area (Å²) < 4.78 is 25.8. The first-order chi connectivity index (χ1) is 3.15. The zero-order chi connectivity index (χ0) is 6.28. The average Bonchev–Trinajstić information content (AvgIpc) is 1.33. The van der Waals surface area contributed by atoms with Gasteiger partial charge in [-0.1, -0.05) is 0 Å². The third-order valence-electron chi connectivity index (χ3n) is 0. The minimum atomic E-state index is -4.08. The molecule has 1 radical (unpaired) electrons. The molecule has 0 aliphatic rings. The van der Waals surface area contributed by atoms with Crippen molar-refractivity contribution in [2.45, 2.75) is 0 Å². The summed E-state index contributed by atoms with van der Waals surface area (Å²) >= 11 is -4.08. The predicted molar refractivity (Wildman–Crippen MR) is 5.69 cm³/mol. The van der Waals surface area contributed by atoms with Crippen molar-refractivity contribution in [2.75, 3.05) is 0 Å². The molecule has 5 nitrogen and oxygen atoms in total. The maximum atomic E-state index is 8.58. The fourth-order valence-corrected chi connectivity index (χ4v) is 0. The normalized spacial score (nSPS) is 4.25. The van der Waals surface area contributed by atoms with Gasteiger partial charge >= 0.3 is 52.2 Å². The average molecular weight is 199 g/mol. The number of hydrogen-bond acceptors (Lipinski definition) is 5. The molecule has 0 saturated heterocycles. The van der Waals surface area contributed by atoms with E-state index in [1.165, 1.54) is 0 Å². The molecule has 0 aliphatic carbocycles. The first-order valence-corrected chi connectivity index (χ1v) is 2.93. The van der Waals surface area contributed by atoms with Gasteiger partial charge in [-0.25, -0.2) is 0 Å². The van der Waals surface area contributed by atoms with Crippen LogP contribution in [0.5, 0.6) is 0 Å². The van der Waals surface area contributed by atoms with Gasteiger partial charge in [-0.05, 0) is 0 Å². The van der Waals surface area contributed by atoms with Crippen molar-refractivity contribution in [3.8, 4) is 0 Å². The fraction of sp³-hybridized carbons (Fsp3) is 0. The van der Waals surface area contributed by atoms with Crippen molar-refractivity contribution in [3.05, 3.63) is 0 Å². The molecule has 0 aromatic carbocycles. The summed E-state index contributed by atoms with van der Waals surface area (Å²) in [4.78, 5) is 16.2. The molecule has 0 aliphatic heterocycles. The Labute approximate surface area is 62.0 Å². The Bertz CT molecular complexity index is 80.4. The van der Waals surface area contributed by atoms with E-state index in [0.717, 1.165) is 0 Å². The Kier molecular flexibility index (Phi) is 30.8. The standard InChI is InChI=1S/CO2.Co.3O.Ti/c2-1-3;;;;;/q;+2;;2*-1;. The van der Waals surface area contributed by atoms with Crippen molar-refractivity contribution in [1.29, 1.82) is 0 Å². The number of rotatable bonds is 0. The van der Waals surface area contributed by atoms with Gasteiger partial charge in [0.2, 0.25) is 0 Å². The van der Waals surface area contributed by atoms with Crippen molar-refractivity contribution in [3.63, 3.8) is 0 Å². The van der Waals surface area contributed by atoms with Crippen LogP contribution in [0.4, 0.5) is 0 Å². The van der Waals surface area contributed by atoms with Gasteiger partial charge < -0.3 is 0 Å². The molecule has 0 fully saturated rings. The molecule has 8 heavy (non-hydrogen) atoms. The SMILES string of the molecule is O=C=O.[Co+2].[O]=[Ti]([O-])[O-]. The molecule has 0 bridgehead atoms. The molecule has 0 atom stereocenters. The summed E-state index contributed by atoms with van der Waals surface area (Å²) in [7, 11) is 0. The van der Waals surface area contributed by atoms with E-state index in [9.17, 15) is 0 Å². The summed E-state index contributed by atoms with van der Waals surface area (Å²) in [5.74, 6) is 0.